The minimum Gasteiger partial charge on any atom is -0.496 e. The molecule has 0 fully saturated rings. The lowest BCUT2D eigenvalue weighted by Crippen LogP contribution is -1.99. The summed E-state index contributed by atoms with van der Waals surface area (Å²) in [6.45, 7) is 37.4. The fourth-order valence-electron chi connectivity index (χ4n) is 15.1. The Balaban J connectivity index is 0.000000120. The van der Waals surface area contributed by atoms with Gasteiger partial charge in [-0.25, -0.2) is 59.8 Å². The van der Waals surface area contributed by atoms with Gasteiger partial charge in [0.15, 0.2) is 0 Å². The van der Waals surface area contributed by atoms with Crippen LogP contribution in [0.25, 0.3) is 145 Å². The van der Waals surface area contributed by atoms with Crippen LogP contribution in [0.15, 0.2) is 261 Å². The highest BCUT2D eigenvalue weighted by Crippen LogP contribution is 2.35. The largest absolute Gasteiger partial charge is 0.496 e. The molecular weight excluding hydrogens is 1510 g/mol. The summed E-state index contributed by atoms with van der Waals surface area (Å²) in [5.74, 6) is 0.889. The number of aryl methyl sites for hydroxylation is 17. The fraction of sp³-hybridized carbons (Fsp3) is 0.200. The maximum absolute atomic E-state index is 5.49. The lowest BCUT2D eigenvalue weighted by Gasteiger charge is -2.12. The van der Waals surface area contributed by atoms with Gasteiger partial charge in [0.2, 0.25) is 0 Å². The van der Waals surface area contributed by atoms with Crippen LogP contribution in [0.4, 0.5) is 0 Å². The van der Waals surface area contributed by atoms with Crippen LogP contribution >= 0.6 is 0 Å². The lowest BCUT2D eigenvalue weighted by atomic mass is 10.0. The molecule has 0 aliphatic carbocycles. The van der Waals surface area contributed by atoms with Gasteiger partial charge in [0.1, 0.15) is 5.75 Å². The summed E-state index contributed by atoms with van der Waals surface area (Å²) in [7, 11) is 1.70. The quantitative estimate of drug-likeness (QED) is 0.127. The van der Waals surface area contributed by atoms with Crippen LogP contribution in [0.5, 0.6) is 5.75 Å². The number of aromatic nitrogens is 12. The molecule has 13 nitrogen and oxygen atoms in total. The number of benzene rings is 13. The van der Waals surface area contributed by atoms with Gasteiger partial charge in [-0.3, -0.25) is 0 Å². The molecule has 6 heterocycles. The van der Waals surface area contributed by atoms with Gasteiger partial charge in [-0.2, -0.15) is 0 Å². The molecule has 0 atom stereocenters. The molecule has 123 heavy (non-hydrogen) atoms. The first-order valence-corrected chi connectivity index (χ1v) is 42.2. The summed E-state index contributed by atoms with van der Waals surface area (Å²) >= 11 is 0. The predicted octanol–water partition coefficient (Wildman–Crippen LogP) is 27.5. The van der Waals surface area contributed by atoms with Crippen molar-refractivity contribution in [2.24, 2.45) is 0 Å². The van der Waals surface area contributed by atoms with E-state index in [4.69, 9.17) is 49.6 Å². The Bertz CT molecular complexity index is 7120. The van der Waals surface area contributed by atoms with Crippen LogP contribution in [-0.2, 0) is 6.42 Å². The Morgan fingerprint density at radius 1 is 0.220 bits per heavy atom. The Morgan fingerprint density at radius 3 is 0.984 bits per heavy atom. The van der Waals surface area contributed by atoms with Crippen LogP contribution in [0.2, 0.25) is 0 Å². The number of hydrogen-bond donors (Lipinski definition) is 0. The fourth-order valence-corrected chi connectivity index (χ4v) is 15.1. The molecule has 19 aromatic rings. The second kappa shape index (κ2) is 38.1. The summed E-state index contributed by atoms with van der Waals surface area (Å²) in [5, 5.41) is 2.47. The number of ether oxygens (including phenoxy) is 1. The van der Waals surface area contributed by atoms with E-state index in [1.807, 2.05) is 77.1 Å². The number of methoxy groups -OCH3 is 1. The number of unbranched alkanes of at least 4 members (excludes halogenated alkanes) is 1. The molecule has 0 saturated heterocycles. The van der Waals surface area contributed by atoms with E-state index in [-0.39, 0.29) is 0 Å². The Hall–Kier alpha value is -14.0. The SMILES string of the molecule is CCCCc1nc2cc(C)ccc2nc1-c1ccccc1.COc1cc(-c2nc3cc(C)ccc3nc2C)cc(C)c1C.Cc1ccc(-c2nc3cc(C)ccc3nc2C)cc1.Cc1ccc2nc(C)c(-c3ccc(C)c(C)c3)nc2c1.Cc1ccc2nc(C)c(-c3ccc4ccccc4c3)nc2c1.Cc1cccc(-c2nc3cc(C)ccc3nc2C)c1. The lowest BCUT2D eigenvalue weighted by molar-refractivity contribution is 0.411. The van der Waals surface area contributed by atoms with E-state index >= 15 is 0 Å². The monoisotopic (exact) mass is 1610 g/mol. The number of fused-ring (bicyclic) bond motifs is 7. The molecular formula is C110H106N12O. The Morgan fingerprint density at radius 2 is 0.553 bits per heavy atom. The van der Waals surface area contributed by atoms with Crippen LogP contribution in [-0.4, -0.2) is 66.9 Å². The van der Waals surface area contributed by atoms with Crippen molar-refractivity contribution in [2.75, 3.05) is 7.11 Å². The summed E-state index contributed by atoms with van der Waals surface area (Å²) < 4.78 is 5.49. The third kappa shape index (κ3) is 20.5. The van der Waals surface area contributed by atoms with Crippen LogP contribution < -0.4 is 4.74 Å². The minimum absolute atomic E-state index is 0.889. The average molecular weight is 1610 g/mol. The van der Waals surface area contributed by atoms with E-state index in [0.717, 1.165) is 192 Å². The molecule has 13 heteroatoms. The van der Waals surface area contributed by atoms with Crippen molar-refractivity contribution in [3.05, 3.63) is 362 Å². The second-order valence-corrected chi connectivity index (χ2v) is 32.4. The highest BCUT2D eigenvalue weighted by atomic mass is 16.5. The number of nitrogens with zero attached hydrogens (tertiary/aromatic N) is 12. The van der Waals surface area contributed by atoms with Crippen molar-refractivity contribution in [1.29, 1.82) is 0 Å². The minimum atomic E-state index is 0.889. The van der Waals surface area contributed by atoms with Crippen molar-refractivity contribution in [2.45, 2.75) is 144 Å². The van der Waals surface area contributed by atoms with Gasteiger partial charge in [-0.05, 0) is 300 Å². The van der Waals surface area contributed by atoms with Gasteiger partial charge in [0.25, 0.3) is 0 Å². The number of rotatable bonds is 10. The van der Waals surface area contributed by atoms with E-state index in [1.165, 1.54) is 78.4 Å². The first-order valence-electron chi connectivity index (χ1n) is 42.2. The molecule has 0 spiro atoms. The van der Waals surface area contributed by atoms with Crippen LogP contribution in [0.3, 0.4) is 0 Å². The Labute approximate surface area is 723 Å². The van der Waals surface area contributed by atoms with Crippen molar-refractivity contribution in [3.63, 3.8) is 0 Å². The van der Waals surface area contributed by atoms with E-state index in [2.05, 4.69) is 323 Å². The topological polar surface area (TPSA) is 164 Å². The highest BCUT2D eigenvalue weighted by molar-refractivity contribution is 5.89. The predicted molar refractivity (Wildman–Crippen MR) is 513 cm³/mol. The van der Waals surface area contributed by atoms with Gasteiger partial charge in [0.05, 0.1) is 142 Å². The molecule has 0 saturated carbocycles. The molecule has 0 aliphatic rings. The zero-order valence-corrected chi connectivity index (χ0v) is 74.2. The van der Waals surface area contributed by atoms with Gasteiger partial charge >= 0.3 is 0 Å². The molecule has 0 unspecified atom stereocenters. The average Bonchev–Trinajstić information content (AvgIpc) is 0.821. The van der Waals surface area contributed by atoms with E-state index in [0.29, 0.717) is 0 Å². The van der Waals surface area contributed by atoms with Crippen molar-refractivity contribution >= 4 is 77.0 Å². The van der Waals surface area contributed by atoms with E-state index < -0.39 is 0 Å². The molecule has 13 aromatic carbocycles. The normalized spacial score (nSPS) is 11.0. The second-order valence-electron chi connectivity index (χ2n) is 32.4. The van der Waals surface area contributed by atoms with Crippen molar-refractivity contribution in [3.8, 4) is 73.3 Å². The first kappa shape index (κ1) is 85.4. The number of hydrogen-bond acceptors (Lipinski definition) is 13. The summed E-state index contributed by atoms with van der Waals surface area (Å²) in [5.41, 5.74) is 44.7. The summed E-state index contributed by atoms with van der Waals surface area (Å²) in [6.07, 6.45) is 3.30. The van der Waals surface area contributed by atoms with Crippen molar-refractivity contribution in [1.82, 2.24) is 59.8 Å². The molecule has 6 aromatic heterocycles. The van der Waals surface area contributed by atoms with Gasteiger partial charge < -0.3 is 4.74 Å². The third-order valence-corrected chi connectivity index (χ3v) is 22.2. The molecule has 0 aliphatic heterocycles. The Kier molecular flexibility index (Phi) is 26.5. The molecule has 19 rings (SSSR count). The first-order chi connectivity index (χ1) is 59.3. The molecule has 0 amide bonds. The smallest absolute Gasteiger partial charge is 0.122 e. The molecule has 0 radical (unpaired) electrons. The van der Waals surface area contributed by atoms with Gasteiger partial charge in [-0.1, -0.05) is 182 Å². The molecule has 0 N–H and O–H groups in total. The highest BCUT2D eigenvalue weighted by Gasteiger charge is 2.17. The van der Waals surface area contributed by atoms with Gasteiger partial charge in [0, 0.05) is 33.4 Å². The molecule has 612 valence electrons. The summed E-state index contributed by atoms with van der Waals surface area (Å²) in [6, 6.07) is 89.9. The maximum Gasteiger partial charge on any atom is 0.122 e. The zero-order valence-electron chi connectivity index (χ0n) is 74.2. The molecule has 0 bridgehead atoms. The van der Waals surface area contributed by atoms with Gasteiger partial charge in [-0.15, -0.1) is 0 Å². The zero-order chi connectivity index (χ0) is 86.7. The standard InChI is InChI=1S/C20H16N2.C19H20N2O.C19H20N2.C18H18N2.2C17H16N2/c1-13-7-10-18-19(11-13)22-20(14(2)21-18)17-9-8-15-5-3-4-6-16(15)12-17;1-11-6-7-16-17(8-11)21-19(14(4)20-16)15-9-12(2)13(3)18(10-15)22-5;1-3-4-10-17-19(15-8-6-5-7-9-15)21-16-12-11-14(2)13-18(16)20-17;1-11-5-8-16-17(9-11)20-18(14(4)19-16)15-7-6-12(2)13(3)10-15;1-11-4-7-14(8-5-11)17-13(3)18-15-9-6-12(2)10-16(15)19-17;1-11-5-4-6-14(9-11)17-13(3)18-15-8-7-12(2)10-16(15)19-17/h3-12H,1-2H3;6-10H,1-5H3;5-9,11-13H,3-4,10H2,1-2H3;5-10H,1-4H3;2*4-10H,1-3H3. The van der Waals surface area contributed by atoms with Crippen LogP contribution in [0, 0.1) is 118 Å². The van der Waals surface area contributed by atoms with E-state index in [1.54, 1.807) is 7.11 Å². The maximum atomic E-state index is 5.49. The van der Waals surface area contributed by atoms with E-state index in [9.17, 15) is 0 Å². The van der Waals surface area contributed by atoms with Crippen LogP contribution in [0.1, 0.15) is 121 Å². The summed E-state index contributed by atoms with van der Waals surface area (Å²) in [4.78, 5) is 57.2. The van der Waals surface area contributed by atoms with Crippen molar-refractivity contribution < 1.29 is 4.74 Å². The third-order valence-electron chi connectivity index (χ3n) is 22.2.